The average Bonchev–Trinajstić information content (AvgIpc) is 2.41. The van der Waals surface area contributed by atoms with Gasteiger partial charge in [0.1, 0.15) is 0 Å². The zero-order valence-electron chi connectivity index (χ0n) is 12.0. The van der Waals surface area contributed by atoms with Gasteiger partial charge >= 0.3 is 5.97 Å². The molecule has 110 valence electrons. The molecule has 0 bridgehead atoms. The molecule has 1 saturated carbocycles. The monoisotopic (exact) mass is 280 g/mol. The molecular formula is C16H21FO3. The van der Waals surface area contributed by atoms with E-state index in [1.807, 2.05) is 0 Å². The van der Waals surface area contributed by atoms with Gasteiger partial charge in [0.05, 0.1) is 12.5 Å². The quantitative estimate of drug-likeness (QED) is 0.915. The van der Waals surface area contributed by atoms with Gasteiger partial charge in [-0.05, 0) is 55.7 Å². The Kier molecular flexibility index (Phi) is 4.31. The molecule has 2 rings (SSSR count). The lowest BCUT2D eigenvalue weighted by Crippen LogP contribution is -2.37. The van der Waals surface area contributed by atoms with Crippen molar-refractivity contribution in [2.75, 3.05) is 7.11 Å². The molecule has 1 aliphatic rings. The first-order valence-corrected chi connectivity index (χ1v) is 7.03. The van der Waals surface area contributed by atoms with Crippen LogP contribution in [0.15, 0.2) is 18.2 Å². The summed E-state index contributed by atoms with van der Waals surface area (Å²) in [4.78, 5) is 11.7. The summed E-state index contributed by atoms with van der Waals surface area (Å²) in [5.74, 6) is -0.430. The Labute approximate surface area is 118 Å². The first-order valence-electron chi connectivity index (χ1n) is 7.03. The van der Waals surface area contributed by atoms with Crippen LogP contribution in [-0.2, 0) is 11.2 Å². The SMILES string of the molecule is COc1ccc(CC2(C(=O)O)CCC(C)CC2)cc1F. The van der Waals surface area contributed by atoms with Gasteiger partial charge in [0.15, 0.2) is 11.6 Å². The molecule has 0 radical (unpaired) electrons. The number of carboxylic acid groups (broad SMARTS) is 1. The van der Waals surface area contributed by atoms with Crippen LogP contribution in [0.4, 0.5) is 4.39 Å². The molecule has 0 amide bonds. The Morgan fingerprint density at radius 2 is 2.10 bits per heavy atom. The van der Waals surface area contributed by atoms with Gasteiger partial charge in [-0.3, -0.25) is 4.79 Å². The largest absolute Gasteiger partial charge is 0.494 e. The lowest BCUT2D eigenvalue weighted by atomic mass is 9.68. The predicted molar refractivity (Wildman–Crippen MR) is 74.4 cm³/mol. The number of carbonyl (C=O) groups is 1. The van der Waals surface area contributed by atoms with Gasteiger partial charge < -0.3 is 9.84 Å². The van der Waals surface area contributed by atoms with E-state index in [0.717, 1.165) is 18.4 Å². The second-order valence-corrected chi connectivity index (χ2v) is 5.91. The van der Waals surface area contributed by atoms with Crippen molar-refractivity contribution in [1.29, 1.82) is 0 Å². The van der Waals surface area contributed by atoms with E-state index in [2.05, 4.69) is 6.92 Å². The van der Waals surface area contributed by atoms with Crippen molar-refractivity contribution in [3.8, 4) is 5.75 Å². The highest BCUT2D eigenvalue weighted by Crippen LogP contribution is 2.42. The smallest absolute Gasteiger partial charge is 0.309 e. The molecule has 1 fully saturated rings. The highest BCUT2D eigenvalue weighted by molar-refractivity contribution is 5.75. The van der Waals surface area contributed by atoms with Crippen molar-refractivity contribution >= 4 is 5.97 Å². The molecule has 0 saturated heterocycles. The molecule has 3 nitrogen and oxygen atoms in total. The minimum absolute atomic E-state index is 0.190. The van der Waals surface area contributed by atoms with Crippen molar-refractivity contribution in [1.82, 2.24) is 0 Å². The summed E-state index contributed by atoms with van der Waals surface area (Å²) < 4.78 is 18.6. The third kappa shape index (κ3) is 2.94. The summed E-state index contributed by atoms with van der Waals surface area (Å²) in [6, 6.07) is 4.71. The van der Waals surface area contributed by atoms with Crippen molar-refractivity contribution in [3.05, 3.63) is 29.6 Å². The van der Waals surface area contributed by atoms with E-state index in [-0.39, 0.29) is 5.75 Å². The second-order valence-electron chi connectivity index (χ2n) is 5.91. The summed E-state index contributed by atoms with van der Waals surface area (Å²) in [7, 11) is 1.42. The zero-order valence-corrected chi connectivity index (χ0v) is 12.0. The number of rotatable bonds is 4. The van der Waals surface area contributed by atoms with Crippen LogP contribution < -0.4 is 4.74 Å². The van der Waals surface area contributed by atoms with Crippen molar-refractivity contribution in [2.45, 2.75) is 39.0 Å². The standard InChI is InChI=1S/C16H21FO3/c1-11-5-7-16(8-6-11,15(18)19)10-12-3-4-14(20-2)13(17)9-12/h3-4,9,11H,5-8,10H2,1-2H3,(H,18,19). The maximum atomic E-state index is 13.7. The number of hydrogen-bond acceptors (Lipinski definition) is 2. The molecule has 0 aromatic heterocycles. The Morgan fingerprint density at radius 3 is 2.60 bits per heavy atom. The van der Waals surface area contributed by atoms with E-state index in [4.69, 9.17) is 4.74 Å². The minimum atomic E-state index is -0.763. The van der Waals surface area contributed by atoms with Gasteiger partial charge in [0, 0.05) is 0 Å². The number of aliphatic carboxylic acids is 1. The van der Waals surface area contributed by atoms with Gasteiger partial charge in [0.25, 0.3) is 0 Å². The Hall–Kier alpha value is -1.58. The third-order valence-corrected chi connectivity index (χ3v) is 4.44. The molecule has 20 heavy (non-hydrogen) atoms. The van der Waals surface area contributed by atoms with Crippen LogP contribution in [-0.4, -0.2) is 18.2 Å². The van der Waals surface area contributed by atoms with E-state index < -0.39 is 17.2 Å². The van der Waals surface area contributed by atoms with Crippen molar-refractivity contribution in [2.24, 2.45) is 11.3 Å². The van der Waals surface area contributed by atoms with E-state index in [0.29, 0.717) is 25.2 Å². The fourth-order valence-electron chi connectivity index (χ4n) is 2.99. The van der Waals surface area contributed by atoms with E-state index in [9.17, 15) is 14.3 Å². The summed E-state index contributed by atoms with van der Waals surface area (Å²) in [6.07, 6.45) is 3.56. The number of carboxylic acids is 1. The van der Waals surface area contributed by atoms with Crippen LogP contribution >= 0.6 is 0 Å². The fourth-order valence-corrected chi connectivity index (χ4v) is 2.99. The predicted octanol–water partition coefficient (Wildman–Crippen LogP) is 3.66. The van der Waals surface area contributed by atoms with Gasteiger partial charge in [-0.25, -0.2) is 4.39 Å². The van der Waals surface area contributed by atoms with Crippen molar-refractivity contribution < 1.29 is 19.0 Å². The van der Waals surface area contributed by atoms with Crippen LogP contribution in [0, 0.1) is 17.2 Å². The Bertz CT molecular complexity index is 490. The van der Waals surface area contributed by atoms with Crippen LogP contribution in [0.5, 0.6) is 5.75 Å². The molecule has 1 aliphatic carbocycles. The highest BCUT2D eigenvalue weighted by atomic mass is 19.1. The second kappa shape index (κ2) is 5.81. The van der Waals surface area contributed by atoms with Gasteiger partial charge in [-0.15, -0.1) is 0 Å². The number of benzene rings is 1. The first-order chi connectivity index (χ1) is 9.47. The Morgan fingerprint density at radius 1 is 1.45 bits per heavy atom. The zero-order chi connectivity index (χ0) is 14.8. The maximum Gasteiger partial charge on any atom is 0.309 e. The lowest BCUT2D eigenvalue weighted by Gasteiger charge is -2.36. The molecule has 1 aromatic carbocycles. The average molecular weight is 280 g/mol. The maximum absolute atomic E-state index is 13.7. The highest BCUT2D eigenvalue weighted by Gasteiger charge is 2.41. The number of halogens is 1. The Balaban J connectivity index is 2.20. The number of hydrogen-bond donors (Lipinski definition) is 1. The molecule has 0 atom stereocenters. The van der Waals surface area contributed by atoms with E-state index >= 15 is 0 Å². The minimum Gasteiger partial charge on any atom is -0.494 e. The van der Waals surface area contributed by atoms with E-state index in [1.54, 1.807) is 12.1 Å². The molecule has 0 spiro atoms. The summed E-state index contributed by atoms with van der Waals surface area (Å²) >= 11 is 0. The molecule has 1 aromatic rings. The van der Waals surface area contributed by atoms with Crippen LogP contribution in [0.25, 0.3) is 0 Å². The van der Waals surface area contributed by atoms with Crippen LogP contribution in [0.1, 0.15) is 38.2 Å². The van der Waals surface area contributed by atoms with Gasteiger partial charge in [0.2, 0.25) is 0 Å². The normalized spacial score (nSPS) is 26.2. The molecule has 0 unspecified atom stereocenters. The first kappa shape index (κ1) is 14.8. The van der Waals surface area contributed by atoms with Crippen LogP contribution in [0.2, 0.25) is 0 Å². The summed E-state index contributed by atoms with van der Waals surface area (Å²) in [5.41, 5.74) is -0.0201. The summed E-state index contributed by atoms with van der Waals surface area (Å²) in [5, 5.41) is 9.59. The lowest BCUT2D eigenvalue weighted by molar-refractivity contribution is -0.151. The fraction of sp³-hybridized carbons (Fsp3) is 0.562. The molecule has 1 N–H and O–H groups in total. The van der Waals surface area contributed by atoms with E-state index in [1.165, 1.54) is 13.2 Å². The summed E-state index contributed by atoms with van der Waals surface area (Å²) in [6.45, 7) is 2.15. The molecule has 0 heterocycles. The van der Waals surface area contributed by atoms with Crippen molar-refractivity contribution in [3.63, 3.8) is 0 Å². The molecule has 0 aliphatic heterocycles. The van der Waals surface area contributed by atoms with Gasteiger partial charge in [-0.1, -0.05) is 13.0 Å². The topological polar surface area (TPSA) is 46.5 Å². The molecule has 4 heteroatoms. The van der Waals surface area contributed by atoms with Crippen LogP contribution in [0.3, 0.4) is 0 Å². The number of methoxy groups -OCH3 is 1. The molecular weight excluding hydrogens is 259 g/mol. The number of ether oxygens (including phenoxy) is 1. The third-order valence-electron chi connectivity index (χ3n) is 4.44. The van der Waals surface area contributed by atoms with Gasteiger partial charge in [-0.2, -0.15) is 0 Å².